The van der Waals surface area contributed by atoms with Crippen molar-refractivity contribution in [3.63, 3.8) is 0 Å². The Balaban J connectivity index is 1.58. The molecule has 0 aliphatic carbocycles. The van der Waals surface area contributed by atoms with Crippen LogP contribution in [0.4, 0.5) is 5.69 Å². The van der Waals surface area contributed by atoms with Crippen LogP contribution in [0.25, 0.3) is 0 Å². The summed E-state index contributed by atoms with van der Waals surface area (Å²) in [4.78, 5) is 0. The van der Waals surface area contributed by atoms with Gasteiger partial charge in [0, 0.05) is 24.3 Å². The second-order valence-corrected chi connectivity index (χ2v) is 5.03. The Bertz CT molecular complexity index is 428. The van der Waals surface area contributed by atoms with Crippen molar-refractivity contribution < 1.29 is 9.47 Å². The predicted molar refractivity (Wildman–Crippen MR) is 71.4 cm³/mol. The van der Waals surface area contributed by atoms with Gasteiger partial charge in [-0.25, -0.2) is 0 Å². The van der Waals surface area contributed by atoms with Gasteiger partial charge in [0.15, 0.2) is 11.5 Å². The van der Waals surface area contributed by atoms with E-state index in [0.29, 0.717) is 12.8 Å². The summed E-state index contributed by atoms with van der Waals surface area (Å²) < 4.78 is 10.8. The predicted octanol–water partition coefficient (Wildman–Crippen LogP) is 2.28. The molecule has 1 unspecified atom stereocenters. The van der Waals surface area contributed by atoms with Crippen molar-refractivity contribution in [1.29, 1.82) is 0 Å². The molecule has 98 valence electrons. The van der Waals surface area contributed by atoms with E-state index in [9.17, 15) is 0 Å². The molecule has 2 N–H and O–H groups in total. The molecule has 4 nitrogen and oxygen atoms in total. The van der Waals surface area contributed by atoms with Crippen molar-refractivity contribution in [2.45, 2.75) is 32.2 Å². The Kier molecular flexibility index (Phi) is 3.28. The Labute approximate surface area is 108 Å². The van der Waals surface area contributed by atoms with Gasteiger partial charge in [0.2, 0.25) is 6.79 Å². The van der Waals surface area contributed by atoms with E-state index in [1.54, 1.807) is 0 Å². The molecule has 1 fully saturated rings. The molecule has 0 radical (unpaired) electrons. The maximum Gasteiger partial charge on any atom is 0.231 e. The second kappa shape index (κ2) is 5.06. The molecule has 0 spiro atoms. The number of hydrogen-bond acceptors (Lipinski definition) is 4. The first kappa shape index (κ1) is 11.7. The molecular weight excluding hydrogens is 228 g/mol. The third-order valence-corrected chi connectivity index (χ3v) is 3.69. The highest BCUT2D eigenvalue weighted by Crippen LogP contribution is 2.36. The van der Waals surface area contributed by atoms with Crippen LogP contribution in [0.5, 0.6) is 11.5 Å². The molecule has 0 bridgehead atoms. The average molecular weight is 248 g/mol. The number of anilines is 1. The van der Waals surface area contributed by atoms with E-state index in [0.717, 1.165) is 23.7 Å². The zero-order valence-corrected chi connectivity index (χ0v) is 10.8. The molecule has 3 rings (SSSR count). The molecule has 1 saturated heterocycles. The number of fused-ring (bicyclic) bond motifs is 1. The second-order valence-electron chi connectivity index (χ2n) is 5.03. The summed E-state index contributed by atoms with van der Waals surface area (Å²) >= 11 is 0. The van der Waals surface area contributed by atoms with Gasteiger partial charge in [0.25, 0.3) is 0 Å². The molecule has 1 aromatic carbocycles. The van der Waals surface area contributed by atoms with Gasteiger partial charge in [-0.2, -0.15) is 0 Å². The van der Waals surface area contributed by atoms with Crippen molar-refractivity contribution in [3.8, 4) is 11.5 Å². The van der Waals surface area contributed by atoms with E-state index in [-0.39, 0.29) is 0 Å². The first-order valence-electron chi connectivity index (χ1n) is 6.70. The first-order valence-corrected chi connectivity index (χ1v) is 6.70. The highest BCUT2D eigenvalue weighted by Gasteiger charge is 2.16. The third kappa shape index (κ3) is 2.38. The topological polar surface area (TPSA) is 42.5 Å². The number of benzene rings is 1. The van der Waals surface area contributed by atoms with Gasteiger partial charge < -0.3 is 20.1 Å². The number of aryl methyl sites for hydroxylation is 1. The van der Waals surface area contributed by atoms with Gasteiger partial charge in [-0.3, -0.25) is 0 Å². The minimum absolute atomic E-state index is 0.338. The fourth-order valence-electron chi connectivity index (χ4n) is 2.62. The van der Waals surface area contributed by atoms with Crippen LogP contribution in [-0.2, 0) is 0 Å². The van der Waals surface area contributed by atoms with Crippen LogP contribution < -0.4 is 20.1 Å². The Hall–Kier alpha value is -1.42. The van der Waals surface area contributed by atoms with Gasteiger partial charge in [0.05, 0.1) is 0 Å². The van der Waals surface area contributed by atoms with Gasteiger partial charge in [-0.15, -0.1) is 0 Å². The molecule has 2 aliphatic rings. The van der Waals surface area contributed by atoms with Crippen LogP contribution in [0.2, 0.25) is 0 Å². The van der Waals surface area contributed by atoms with E-state index in [4.69, 9.17) is 9.47 Å². The third-order valence-electron chi connectivity index (χ3n) is 3.69. The molecule has 2 heterocycles. The lowest BCUT2D eigenvalue weighted by Gasteiger charge is -2.13. The molecule has 18 heavy (non-hydrogen) atoms. The monoisotopic (exact) mass is 248 g/mol. The highest BCUT2D eigenvalue weighted by molar-refractivity contribution is 5.60. The van der Waals surface area contributed by atoms with Crippen LogP contribution >= 0.6 is 0 Å². The maximum atomic E-state index is 5.40. The smallest absolute Gasteiger partial charge is 0.231 e. The number of hydrogen-bond donors (Lipinski definition) is 2. The van der Waals surface area contributed by atoms with Crippen molar-refractivity contribution in [2.24, 2.45) is 0 Å². The standard InChI is InChI=1S/C14H20N2O2/c1-10-7-13-14(18-9-17-13)8-12(10)16-6-4-11-3-2-5-15-11/h7-8,11,15-16H,2-6,9H2,1H3. The van der Waals surface area contributed by atoms with E-state index >= 15 is 0 Å². The molecule has 1 aromatic rings. The molecule has 4 heteroatoms. The van der Waals surface area contributed by atoms with Gasteiger partial charge >= 0.3 is 0 Å². The van der Waals surface area contributed by atoms with Gasteiger partial charge in [-0.05, 0) is 44.4 Å². The molecule has 2 aliphatic heterocycles. The van der Waals surface area contributed by atoms with Crippen LogP contribution in [-0.4, -0.2) is 25.9 Å². The SMILES string of the molecule is Cc1cc2c(cc1NCCC1CCCN1)OCO2. The summed E-state index contributed by atoms with van der Waals surface area (Å²) in [5.41, 5.74) is 2.36. The lowest BCUT2D eigenvalue weighted by molar-refractivity contribution is 0.174. The molecule has 0 amide bonds. The fraction of sp³-hybridized carbons (Fsp3) is 0.571. The minimum Gasteiger partial charge on any atom is -0.454 e. The number of ether oxygens (including phenoxy) is 2. The fourth-order valence-corrected chi connectivity index (χ4v) is 2.62. The van der Waals surface area contributed by atoms with E-state index in [1.165, 1.54) is 31.4 Å². The zero-order valence-electron chi connectivity index (χ0n) is 10.8. The summed E-state index contributed by atoms with van der Waals surface area (Å²) in [5.74, 6) is 1.71. The molecule has 0 aromatic heterocycles. The quantitative estimate of drug-likeness (QED) is 0.858. The van der Waals surface area contributed by atoms with Crippen LogP contribution in [0.1, 0.15) is 24.8 Å². The molecule has 0 saturated carbocycles. The van der Waals surface area contributed by atoms with E-state index < -0.39 is 0 Å². The molecular formula is C14H20N2O2. The van der Waals surface area contributed by atoms with Crippen molar-refractivity contribution >= 4 is 5.69 Å². The van der Waals surface area contributed by atoms with E-state index in [1.807, 2.05) is 12.1 Å². The normalized spacial score (nSPS) is 21.3. The van der Waals surface area contributed by atoms with E-state index in [2.05, 4.69) is 17.6 Å². The van der Waals surface area contributed by atoms with Crippen LogP contribution in [0, 0.1) is 6.92 Å². The number of rotatable bonds is 4. The summed E-state index contributed by atoms with van der Waals surface area (Å²) in [7, 11) is 0. The van der Waals surface area contributed by atoms with Crippen molar-refractivity contribution in [2.75, 3.05) is 25.2 Å². The van der Waals surface area contributed by atoms with Crippen molar-refractivity contribution in [3.05, 3.63) is 17.7 Å². The molecule has 1 atom stereocenters. The Morgan fingerprint density at radius 3 is 2.94 bits per heavy atom. The number of nitrogens with one attached hydrogen (secondary N) is 2. The van der Waals surface area contributed by atoms with Crippen LogP contribution in [0.15, 0.2) is 12.1 Å². The summed E-state index contributed by atoms with van der Waals surface area (Å²) in [6.07, 6.45) is 3.80. The van der Waals surface area contributed by atoms with Crippen LogP contribution in [0.3, 0.4) is 0 Å². The largest absolute Gasteiger partial charge is 0.454 e. The highest BCUT2D eigenvalue weighted by atomic mass is 16.7. The summed E-state index contributed by atoms with van der Waals surface area (Å²) in [5, 5.41) is 7.01. The van der Waals surface area contributed by atoms with Gasteiger partial charge in [-0.1, -0.05) is 0 Å². The maximum absolute atomic E-state index is 5.40. The Morgan fingerprint density at radius 1 is 1.33 bits per heavy atom. The summed E-state index contributed by atoms with van der Waals surface area (Å²) in [6.45, 7) is 4.61. The lowest BCUT2D eigenvalue weighted by Crippen LogP contribution is -2.24. The Morgan fingerprint density at radius 2 is 2.17 bits per heavy atom. The van der Waals surface area contributed by atoms with Crippen molar-refractivity contribution in [1.82, 2.24) is 5.32 Å². The van der Waals surface area contributed by atoms with Gasteiger partial charge in [0.1, 0.15) is 0 Å². The first-order chi connectivity index (χ1) is 8.83. The summed E-state index contributed by atoms with van der Waals surface area (Å²) in [6, 6.07) is 4.77. The minimum atomic E-state index is 0.338. The average Bonchev–Trinajstić information content (AvgIpc) is 3.00. The zero-order chi connectivity index (χ0) is 12.4. The lowest BCUT2D eigenvalue weighted by atomic mass is 10.1.